The highest BCUT2D eigenvalue weighted by Crippen LogP contribution is 2.29. The summed E-state index contributed by atoms with van der Waals surface area (Å²) in [6.45, 7) is 3.74. The molecule has 0 aromatic heterocycles. The van der Waals surface area contributed by atoms with E-state index in [1.165, 1.54) is 12.1 Å². The van der Waals surface area contributed by atoms with Crippen LogP contribution >= 0.6 is 0 Å². The second-order valence-corrected chi connectivity index (χ2v) is 4.81. The Balaban J connectivity index is 2.15. The first kappa shape index (κ1) is 14.8. The predicted molar refractivity (Wildman–Crippen MR) is 80.2 cm³/mol. The van der Waals surface area contributed by atoms with E-state index < -0.39 is 0 Å². The second-order valence-electron chi connectivity index (χ2n) is 4.81. The Labute approximate surface area is 122 Å². The van der Waals surface area contributed by atoms with Gasteiger partial charge >= 0.3 is 6.03 Å². The first-order valence-corrected chi connectivity index (χ1v) is 6.64. The Kier molecular flexibility index (Phi) is 4.77. The van der Waals surface area contributed by atoms with Crippen LogP contribution in [0.15, 0.2) is 48.5 Å². The summed E-state index contributed by atoms with van der Waals surface area (Å²) in [6.07, 6.45) is 0. The van der Waals surface area contributed by atoms with Crippen molar-refractivity contribution >= 4 is 11.7 Å². The monoisotopic (exact) mass is 288 g/mol. The summed E-state index contributed by atoms with van der Waals surface area (Å²) in [5.74, 6) is 0.436. The van der Waals surface area contributed by atoms with Crippen LogP contribution in [0.4, 0.5) is 14.9 Å². The van der Waals surface area contributed by atoms with Crippen molar-refractivity contribution in [1.82, 2.24) is 5.32 Å². The molecule has 4 nitrogen and oxygen atoms in total. The summed E-state index contributed by atoms with van der Waals surface area (Å²) in [5, 5.41) is 5.43. The number of amides is 2. The van der Waals surface area contributed by atoms with E-state index in [2.05, 4.69) is 10.6 Å². The van der Waals surface area contributed by atoms with Gasteiger partial charge in [0.05, 0.1) is 5.69 Å². The maximum absolute atomic E-state index is 13.2. The standard InChI is InChI=1S/C16H17FN2O2/c1-11(2)18-16(20)19-14-8-3-4-9-15(14)21-13-7-5-6-12(17)10-13/h3-11H,1-2H3,(H2,18,19,20). The maximum atomic E-state index is 13.2. The SMILES string of the molecule is CC(C)NC(=O)Nc1ccccc1Oc1cccc(F)c1. The zero-order valence-electron chi connectivity index (χ0n) is 11.9. The molecule has 110 valence electrons. The van der Waals surface area contributed by atoms with Crippen LogP contribution in [-0.4, -0.2) is 12.1 Å². The van der Waals surface area contributed by atoms with Gasteiger partial charge < -0.3 is 15.4 Å². The highest BCUT2D eigenvalue weighted by Gasteiger charge is 2.09. The summed E-state index contributed by atoms with van der Waals surface area (Å²) in [4.78, 5) is 11.7. The van der Waals surface area contributed by atoms with E-state index in [0.29, 0.717) is 17.2 Å². The third-order valence-corrected chi connectivity index (χ3v) is 2.58. The van der Waals surface area contributed by atoms with Crippen molar-refractivity contribution in [2.75, 3.05) is 5.32 Å². The van der Waals surface area contributed by atoms with Crippen molar-refractivity contribution in [1.29, 1.82) is 0 Å². The molecule has 2 aromatic rings. The van der Waals surface area contributed by atoms with E-state index in [0.717, 1.165) is 0 Å². The number of carbonyl (C=O) groups is 1. The first-order chi connectivity index (χ1) is 10.0. The van der Waals surface area contributed by atoms with E-state index in [1.807, 2.05) is 13.8 Å². The fourth-order valence-corrected chi connectivity index (χ4v) is 1.74. The lowest BCUT2D eigenvalue weighted by molar-refractivity contribution is 0.250. The van der Waals surface area contributed by atoms with Crippen LogP contribution in [0.3, 0.4) is 0 Å². The molecule has 0 fully saturated rings. The zero-order valence-corrected chi connectivity index (χ0v) is 11.9. The van der Waals surface area contributed by atoms with Crippen LogP contribution < -0.4 is 15.4 Å². The van der Waals surface area contributed by atoms with Gasteiger partial charge in [-0.2, -0.15) is 0 Å². The van der Waals surface area contributed by atoms with E-state index in [4.69, 9.17) is 4.74 Å². The zero-order chi connectivity index (χ0) is 15.2. The minimum atomic E-state index is -0.379. The number of halogens is 1. The quantitative estimate of drug-likeness (QED) is 0.888. The Bertz CT molecular complexity index is 629. The Hall–Kier alpha value is -2.56. The summed E-state index contributed by atoms with van der Waals surface area (Å²) >= 11 is 0. The van der Waals surface area contributed by atoms with E-state index >= 15 is 0 Å². The van der Waals surface area contributed by atoms with Gasteiger partial charge in [-0.1, -0.05) is 18.2 Å². The molecule has 0 aliphatic carbocycles. The molecule has 0 heterocycles. The molecule has 5 heteroatoms. The van der Waals surface area contributed by atoms with Crippen molar-refractivity contribution in [3.63, 3.8) is 0 Å². The molecule has 2 rings (SSSR count). The number of hydrogen-bond donors (Lipinski definition) is 2. The molecule has 2 aromatic carbocycles. The van der Waals surface area contributed by atoms with Gasteiger partial charge in [0, 0.05) is 12.1 Å². The lowest BCUT2D eigenvalue weighted by Crippen LogP contribution is -2.34. The number of hydrogen-bond acceptors (Lipinski definition) is 2. The van der Waals surface area contributed by atoms with Crippen LogP contribution in [0.1, 0.15) is 13.8 Å². The van der Waals surface area contributed by atoms with Crippen molar-refractivity contribution in [2.45, 2.75) is 19.9 Å². The molecular weight excluding hydrogens is 271 g/mol. The molecular formula is C16H17FN2O2. The van der Waals surface area contributed by atoms with Gasteiger partial charge in [0.25, 0.3) is 0 Å². The largest absolute Gasteiger partial charge is 0.455 e. The molecule has 0 unspecified atom stereocenters. The fraction of sp³-hybridized carbons (Fsp3) is 0.188. The van der Waals surface area contributed by atoms with Gasteiger partial charge in [0.2, 0.25) is 0 Å². The van der Waals surface area contributed by atoms with E-state index in [1.54, 1.807) is 36.4 Å². The van der Waals surface area contributed by atoms with Crippen LogP contribution in [0.2, 0.25) is 0 Å². The molecule has 0 bridgehead atoms. The number of nitrogens with one attached hydrogen (secondary N) is 2. The molecule has 0 aliphatic heterocycles. The topological polar surface area (TPSA) is 50.4 Å². The minimum absolute atomic E-state index is 0.0290. The van der Waals surface area contributed by atoms with Gasteiger partial charge in [0.15, 0.2) is 5.75 Å². The van der Waals surface area contributed by atoms with Crippen LogP contribution in [-0.2, 0) is 0 Å². The molecule has 2 amide bonds. The van der Waals surface area contributed by atoms with Crippen molar-refractivity contribution < 1.29 is 13.9 Å². The minimum Gasteiger partial charge on any atom is -0.455 e. The van der Waals surface area contributed by atoms with Gasteiger partial charge in [-0.3, -0.25) is 0 Å². The summed E-state index contributed by atoms with van der Waals surface area (Å²) in [5.41, 5.74) is 0.514. The average Bonchev–Trinajstić information content (AvgIpc) is 2.40. The maximum Gasteiger partial charge on any atom is 0.319 e. The van der Waals surface area contributed by atoms with Gasteiger partial charge in [-0.15, -0.1) is 0 Å². The van der Waals surface area contributed by atoms with E-state index in [9.17, 15) is 9.18 Å². The second kappa shape index (κ2) is 6.74. The Morgan fingerprint density at radius 1 is 1.14 bits per heavy atom. The van der Waals surface area contributed by atoms with E-state index in [-0.39, 0.29) is 17.9 Å². The molecule has 21 heavy (non-hydrogen) atoms. The van der Waals surface area contributed by atoms with Gasteiger partial charge in [0.1, 0.15) is 11.6 Å². The number of carbonyl (C=O) groups excluding carboxylic acids is 1. The Morgan fingerprint density at radius 2 is 1.90 bits per heavy atom. The van der Waals surface area contributed by atoms with Crippen molar-refractivity contribution in [3.8, 4) is 11.5 Å². The number of urea groups is 1. The third kappa shape index (κ3) is 4.49. The fourth-order valence-electron chi connectivity index (χ4n) is 1.74. The summed E-state index contributed by atoms with van der Waals surface area (Å²) in [7, 11) is 0. The molecule has 0 radical (unpaired) electrons. The third-order valence-electron chi connectivity index (χ3n) is 2.58. The van der Waals surface area contributed by atoms with Crippen molar-refractivity contribution in [3.05, 3.63) is 54.3 Å². The molecule has 2 N–H and O–H groups in total. The van der Waals surface area contributed by atoms with Crippen LogP contribution in [0.5, 0.6) is 11.5 Å². The highest BCUT2D eigenvalue weighted by molar-refractivity contribution is 5.91. The summed E-state index contributed by atoms with van der Waals surface area (Å²) < 4.78 is 18.8. The molecule has 0 atom stereocenters. The number of anilines is 1. The normalized spacial score (nSPS) is 10.3. The Morgan fingerprint density at radius 3 is 2.62 bits per heavy atom. The number of para-hydroxylation sites is 2. The molecule has 0 aliphatic rings. The lowest BCUT2D eigenvalue weighted by Gasteiger charge is -2.14. The molecule has 0 spiro atoms. The van der Waals surface area contributed by atoms with Crippen molar-refractivity contribution in [2.24, 2.45) is 0 Å². The lowest BCUT2D eigenvalue weighted by atomic mass is 10.3. The molecule has 0 saturated heterocycles. The molecule has 0 saturated carbocycles. The predicted octanol–water partition coefficient (Wildman–Crippen LogP) is 4.15. The first-order valence-electron chi connectivity index (χ1n) is 6.64. The van der Waals surface area contributed by atoms with Crippen LogP contribution in [0, 0.1) is 5.82 Å². The number of rotatable bonds is 4. The van der Waals surface area contributed by atoms with Crippen LogP contribution in [0.25, 0.3) is 0 Å². The number of benzene rings is 2. The van der Waals surface area contributed by atoms with Gasteiger partial charge in [-0.25, -0.2) is 9.18 Å². The average molecular weight is 288 g/mol. The summed E-state index contributed by atoms with van der Waals surface area (Å²) in [6, 6.07) is 12.5. The van der Waals surface area contributed by atoms with Gasteiger partial charge in [-0.05, 0) is 38.1 Å². The highest BCUT2D eigenvalue weighted by atomic mass is 19.1. The smallest absolute Gasteiger partial charge is 0.319 e. The number of ether oxygens (including phenoxy) is 1.